The molecule has 0 amide bonds. The monoisotopic (exact) mass is 301 g/mol. The van der Waals surface area contributed by atoms with E-state index in [1.807, 2.05) is 6.92 Å². The summed E-state index contributed by atoms with van der Waals surface area (Å²) in [6, 6.07) is 0. The van der Waals surface area contributed by atoms with Gasteiger partial charge in [-0.15, -0.1) is 0 Å². The predicted octanol–water partition coefficient (Wildman–Crippen LogP) is 3.34. The molecule has 0 aliphatic rings. The second kappa shape index (κ2) is 5.23. The first-order valence-electron chi connectivity index (χ1n) is 5.51. The van der Waals surface area contributed by atoms with Crippen LogP contribution in [0.1, 0.15) is 39.4 Å². The van der Waals surface area contributed by atoms with Crippen LogP contribution < -0.4 is 11.1 Å². The first-order valence-corrected chi connectivity index (χ1v) is 6.30. The first-order chi connectivity index (χ1) is 7.76. The number of hydrogen-bond donors (Lipinski definition) is 2. The lowest BCUT2D eigenvalue weighted by Gasteiger charge is -2.24. The van der Waals surface area contributed by atoms with Gasteiger partial charge >= 0.3 is 0 Å². The Balaban J connectivity index is 3.19. The number of nitrogens with two attached hydrogens (primary N) is 1. The van der Waals surface area contributed by atoms with Gasteiger partial charge in [0.1, 0.15) is 5.82 Å². The van der Waals surface area contributed by atoms with Crippen LogP contribution in [0.2, 0.25) is 0 Å². The molecule has 0 spiro atoms. The van der Waals surface area contributed by atoms with Crippen molar-refractivity contribution in [2.45, 2.75) is 39.3 Å². The summed E-state index contributed by atoms with van der Waals surface area (Å²) >= 11 is 3.45. The van der Waals surface area contributed by atoms with E-state index in [-0.39, 0.29) is 11.6 Å². The van der Waals surface area contributed by atoms with Gasteiger partial charge in [-0.25, -0.2) is 4.98 Å². The van der Waals surface area contributed by atoms with Gasteiger partial charge in [0.2, 0.25) is 0 Å². The molecule has 4 nitrogen and oxygen atoms in total. The maximum atomic E-state index is 6.13. The molecule has 0 saturated carbocycles. The van der Waals surface area contributed by atoms with Gasteiger partial charge in [0, 0.05) is 28.9 Å². The van der Waals surface area contributed by atoms with Gasteiger partial charge in [-0.05, 0) is 43.6 Å². The fourth-order valence-electron chi connectivity index (χ4n) is 1.50. The fourth-order valence-corrected chi connectivity index (χ4v) is 2.14. The number of nitrogen functional groups attached to an aromatic ring is 1. The molecule has 1 atom stereocenters. The van der Waals surface area contributed by atoms with E-state index in [1.54, 1.807) is 13.3 Å². The summed E-state index contributed by atoms with van der Waals surface area (Å²) in [6.07, 6.45) is 1.67. The Bertz CT molecular complexity index is 401. The molecular formula is C12H20BrN3O. The number of halogens is 1. The molecule has 0 radical (unpaired) electrons. The highest BCUT2D eigenvalue weighted by molar-refractivity contribution is 9.10. The average molecular weight is 302 g/mol. The third-order valence-electron chi connectivity index (χ3n) is 2.36. The number of rotatable bonds is 3. The number of pyridine rings is 1. The van der Waals surface area contributed by atoms with E-state index in [2.05, 4.69) is 47.0 Å². The summed E-state index contributed by atoms with van der Waals surface area (Å²) in [5.74, 6) is 0.694. The summed E-state index contributed by atoms with van der Waals surface area (Å²) < 4.78 is 6.18. The van der Waals surface area contributed by atoms with E-state index in [0.717, 1.165) is 10.0 Å². The summed E-state index contributed by atoms with van der Waals surface area (Å²) in [5.41, 5.74) is 7.61. The molecule has 0 aliphatic heterocycles. The molecule has 3 N–H and O–H groups in total. The minimum Gasteiger partial charge on any atom is -0.395 e. The molecule has 1 rings (SSSR count). The summed E-state index contributed by atoms with van der Waals surface area (Å²) in [4.78, 5) is 4.30. The van der Waals surface area contributed by atoms with Crippen LogP contribution in [0.4, 0.5) is 11.5 Å². The normalized spacial score (nSPS) is 13.5. The zero-order valence-electron chi connectivity index (χ0n) is 11.0. The predicted molar refractivity (Wildman–Crippen MR) is 75.1 cm³/mol. The quantitative estimate of drug-likeness (QED) is 0.899. The zero-order chi connectivity index (χ0) is 13.2. The zero-order valence-corrected chi connectivity index (χ0v) is 12.6. The molecule has 0 saturated heterocycles. The Morgan fingerprint density at radius 3 is 2.53 bits per heavy atom. The van der Waals surface area contributed by atoms with Crippen molar-refractivity contribution < 1.29 is 4.74 Å². The van der Waals surface area contributed by atoms with Crippen LogP contribution in [0, 0.1) is 0 Å². The number of nitrogens with one attached hydrogen (secondary N) is 1. The standard InChI is InChI=1S/C12H20BrN3O/c1-7(17-5)9-8(13)6-15-11(10(9)14)16-12(2,3)4/h6-7H,14H2,1-5H3,(H,15,16). The van der Waals surface area contributed by atoms with Crippen LogP contribution >= 0.6 is 15.9 Å². The maximum absolute atomic E-state index is 6.13. The number of aromatic nitrogens is 1. The van der Waals surface area contributed by atoms with E-state index in [9.17, 15) is 0 Å². The molecule has 1 heterocycles. The van der Waals surface area contributed by atoms with Crippen LogP contribution in [0.5, 0.6) is 0 Å². The molecule has 1 aromatic heterocycles. The molecule has 5 heteroatoms. The minimum absolute atomic E-state index is 0.0760. The number of anilines is 2. The molecule has 0 aliphatic carbocycles. The third-order valence-corrected chi connectivity index (χ3v) is 2.99. The Hall–Kier alpha value is -0.810. The lowest BCUT2D eigenvalue weighted by Crippen LogP contribution is -2.27. The van der Waals surface area contributed by atoms with Gasteiger partial charge in [0.05, 0.1) is 11.8 Å². The van der Waals surface area contributed by atoms with Crippen LogP contribution in [0.3, 0.4) is 0 Å². The third kappa shape index (κ3) is 3.57. The van der Waals surface area contributed by atoms with Crippen LogP contribution in [0.15, 0.2) is 10.7 Å². The van der Waals surface area contributed by atoms with Crippen molar-refractivity contribution in [2.24, 2.45) is 0 Å². The molecule has 0 bridgehead atoms. The summed E-state index contributed by atoms with van der Waals surface area (Å²) in [5, 5.41) is 3.28. The second-order valence-electron chi connectivity index (χ2n) is 5.04. The second-order valence-corrected chi connectivity index (χ2v) is 5.89. The molecule has 1 aromatic rings. The average Bonchev–Trinajstić information content (AvgIpc) is 2.20. The number of methoxy groups -OCH3 is 1. The van der Waals surface area contributed by atoms with Gasteiger partial charge in [0.25, 0.3) is 0 Å². The summed E-state index contributed by atoms with van der Waals surface area (Å²) in [7, 11) is 1.66. The van der Waals surface area contributed by atoms with Gasteiger partial charge in [-0.1, -0.05) is 0 Å². The Kier molecular flexibility index (Phi) is 4.38. The van der Waals surface area contributed by atoms with Crippen molar-refractivity contribution >= 4 is 27.4 Å². The van der Waals surface area contributed by atoms with E-state index in [0.29, 0.717) is 11.5 Å². The highest BCUT2D eigenvalue weighted by atomic mass is 79.9. The molecule has 1 unspecified atom stereocenters. The van der Waals surface area contributed by atoms with Crippen molar-refractivity contribution in [1.82, 2.24) is 4.98 Å². The SMILES string of the molecule is COC(C)c1c(Br)cnc(NC(C)(C)C)c1N. The first kappa shape index (κ1) is 14.3. The topological polar surface area (TPSA) is 60.2 Å². The Morgan fingerprint density at radius 2 is 2.06 bits per heavy atom. The molecule has 96 valence electrons. The van der Waals surface area contributed by atoms with Crippen molar-refractivity contribution in [2.75, 3.05) is 18.2 Å². The van der Waals surface area contributed by atoms with E-state index in [4.69, 9.17) is 10.5 Å². The fraction of sp³-hybridized carbons (Fsp3) is 0.583. The van der Waals surface area contributed by atoms with Crippen LogP contribution in [-0.4, -0.2) is 17.6 Å². The highest BCUT2D eigenvalue weighted by Crippen LogP contribution is 2.34. The minimum atomic E-state index is -0.0808. The number of ether oxygens (including phenoxy) is 1. The Labute approximate surface area is 111 Å². The number of hydrogen-bond acceptors (Lipinski definition) is 4. The largest absolute Gasteiger partial charge is 0.395 e. The lowest BCUT2D eigenvalue weighted by molar-refractivity contribution is 0.119. The van der Waals surface area contributed by atoms with E-state index < -0.39 is 0 Å². The van der Waals surface area contributed by atoms with Crippen molar-refractivity contribution in [1.29, 1.82) is 0 Å². The van der Waals surface area contributed by atoms with Gasteiger partial charge in [-0.3, -0.25) is 0 Å². The molecule has 17 heavy (non-hydrogen) atoms. The van der Waals surface area contributed by atoms with E-state index >= 15 is 0 Å². The molecule has 0 fully saturated rings. The highest BCUT2D eigenvalue weighted by Gasteiger charge is 2.19. The summed E-state index contributed by atoms with van der Waals surface area (Å²) in [6.45, 7) is 8.15. The van der Waals surface area contributed by atoms with Gasteiger partial charge < -0.3 is 15.8 Å². The smallest absolute Gasteiger partial charge is 0.150 e. The van der Waals surface area contributed by atoms with Crippen molar-refractivity contribution in [3.8, 4) is 0 Å². The van der Waals surface area contributed by atoms with E-state index in [1.165, 1.54) is 0 Å². The van der Waals surface area contributed by atoms with Crippen molar-refractivity contribution in [3.05, 3.63) is 16.2 Å². The Morgan fingerprint density at radius 1 is 1.47 bits per heavy atom. The number of nitrogens with zero attached hydrogens (tertiary/aromatic N) is 1. The van der Waals surface area contributed by atoms with Crippen LogP contribution in [-0.2, 0) is 4.74 Å². The maximum Gasteiger partial charge on any atom is 0.150 e. The van der Waals surface area contributed by atoms with Crippen molar-refractivity contribution in [3.63, 3.8) is 0 Å². The molecule has 0 aromatic carbocycles. The molecular weight excluding hydrogens is 282 g/mol. The lowest BCUT2D eigenvalue weighted by atomic mass is 10.1. The van der Waals surface area contributed by atoms with Crippen LogP contribution in [0.25, 0.3) is 0 Å². The van der Waals surface area contributed by atoms with Gasteiger partial charge in [0.15, 0.2) is 0 Å². The van der Waals surface area contributed by atoms with Gasteiger partial charge in [-0.2, -0.15) is 0 Å².